The number of nitrogens with one attached hydrogen (secondary N) is 1. The van der Waals surface area contributed by atoms with Crippen LogP contribution in [-0.4, -0.2) is 9.91 Å². The molecule has 1 heterocycles. The third-order valence-electron chi connectivity index (χ3n) is 3.32. The molecular formula is C16H19N3O2. The fraction of sp³-hybridized carbons (Fsp3) is 0.312. The number of hydrogen-bond donors (Lipinski definition) is 1. The van der Waals surface area contributed by atoms with E-state index in [1.54, 1.807) is 6.07 Å². The molecule has 0 unspecified atom stereocenters. The fourth-order valence-electron chi connectivity index (χ4n) is 2.03. The zero-order valence-corrected chi connectivity index (χ0v) is 12.5. The van der Waals surface area contributed by atoms with Crippen molar-refractivity contribution in [2.24, 2.45) is 0 Å². The van der Waals surface area contributed by atoms with Gasteiger partial charge in [0.05, 0.1) is 4.92 Å². The van der Waals surface area contributed by atoms with E-state index in [2.05, 4.69) is 36.3 Å². The molecule has 2 aromatic rings. The highest BCUT2D eigenvalue weighted by Crippen LogP contribution is 2.23. The van der Waals surface area contributed by atoms with E-state index < -0.39 is 4.92 Å². The number of nitro groups is 1. The van der Waals surface area contributed by atoms with Crippen molar-refractivity contribution in [2.45, 2.75) is 33.2 Å². The quantitative estimate of drug-likeness (QED) is 0.665. The Hall–Kier alpha value is -2.43. The second kappa shape index (κ2) is 6.35. The van der Waals surface area contributed by atoms with Crippen LogP contribution in [0.2, 0.25) is 0 Å². The Kier molecular flexibility index (Phi) is 4.52. The van der Waals surface area contributed by atoms with Crippen LogP contribution in [-0.2, 0) is 6.54 Å². The van der Waals surface area contributed by atoms with E-state index >= 15 is 0 Å². The third kappa shape index (κ3) is 3.78. The van der Waals surface area contributed by atoms with Crippen LogP contribution in [0.15, 0.2) is 36.4 Å². The minimum Gasteiger partial charge on any atom is -0.360 e. The number of aryl methyl sites for hydroxylation is 1. The van der Waals surface area contributed by atoms with Crippen LogP contribution < -0.4 is 5.32 Å². The van der Waals surface area contributed by atoms with Crippen molar-refractivity contribution in [2.75, 3.05) is 5.32 Å². The second-order valence-electron chi connectivity index (χ2n) is 5.33. The first kappa shape index (κ1) is 15.0. The summed E-state index contributed by atoms with van der Waals surface area (Å²) in [6.45, 7) is 6.61. The van der Waals surface area contributed by atoms with Crippen LogP contribution in [0.1, 0.15) is 36.6 Å². The fourth-order valence-corrected chi connectivity index (χ4v) is 2.03. The molecule has 1 aromatic carbocycles. The van der Waals surface area contributed by atoms with Gasteiger partial charge in [0.15, 0.2) is 0 Å². The number of aromatic nitrogens is 1. The Morgan fingerprint density at radius 1 is 1.19 bits per heavy atom. The highest BCUT2D eigenvalue weighted by atomic mass is 16.6. The van der Waals surface area contributed by atoms with Gasteiger partial charge in [0.2, 0.25) is 5.82 Å². The number of nitrogens with zero attached hydrogens (tertiary/aromatic N) is 2. The minimum atomic E-state index is -0.420. The monoisotopic (exact) mass is 285 g/mol. The van der Waals surface area contributed by atoms with Crippen LogP contribution in [0.4, 0.5) is 11.5 Å². The average molecular weight is 285 g/mol. The third-order valence-corrected chi connectivity index (χ3v) is 3.32. The highest BCUT2D eigenvalue weighted by Gasteiger charge is 2.14. The number of benzene rings is 1. The van der Waals surface area contributed by atoms with Gasteiger partial charge in [-0.2, -0.15) is 0 Å². The topological polar surface area (TPSA) is 68.1 Å². The Balaban J connectivity index is 2.12. The molecule has 0 bridgehead atoms. The van der Waals surface area contributed by atoms with Crippen LogP contribution in [0, 0.1) is 17.0 Å². The van der Waals surface area contributed by atoms with Gasteiger partial charge in [-0.15, -0.1) is 0 Å². The van der Waals surface area contributed by atoms with E-state index in [4.69, 9.17) is 0 Å². The molecule has 2 rings (SSSR count). The van der Waals surface area contributed by atoms with Crippen molar-refractivity contribution in [3.05, 3.63) is 63.3 Å². The van der Waals surface area contributed by atoms with Crippen molar-refractivity contribution < 1.29 is 4.92 Å². The molecule has 1 aromatic heterocycles. The highest BCUT2D eigenvalue weighted by molar-refractivity contribution is 5.56. The van der Waals surface area contributed by atoms with E-state index in [0.717, 1.165) is 11.3 Å². The maximum Gasteiger partial charge on any atom is 0.311 e. The molecule has 0 aliphatic carbocycles. The molecule has 0 saturated heterocycles. The molecule has 0 aliphatic rings. The summed E-state index contributed by atoms with van der Waals surface area (Å²) in [5.74, 6) is 0.805. The lowest BCUT2D eigenvalue weighted by Gasteiger charge is -2.09. The number of pyridine rings is 1. The summed E-state index contributed by atoms with van der Waals surface area (Å²) in [7, 11) is 0. The molecule has 0 fully saturated rings. The summed E-state index contributed by atoms with van der Waals surface area (Å²) in [5, 5.41) is 14.0. The molecule has 0 amide bonds. The van der Waals surface area contributed by atoms with Gasteiger partial charge in [-0.05, 0) is 30.0 Å². The van der Waals surface area contributed by atoms with E-state index in [-0.39, 0.29) is 5.69 Å². The largest absolute Gasteiger partial charge is 0.360 e. The molecule has 110 valence electrons. The average Bonchev–Trinajstić information content (AvgIpc) is 2.45. The molecule has 5 heteroatoms. The Morgan fingerprint density at radius 2 is 1.86 bits per heavy atom. The zero-order chi connectivity index (χ0) is 15.4. The van der Waals surface area contributed by atoms with Gasteiger partial charge in [0, 0.05) is 18.3 Å². The Bertz CT molecular complexity index is 636. The normalized spacial score (nSPS) is 10.7. The predicted octanol–water partition coefficient (Wildman–Crippen LogP) is 4.03. The lowest BCUT2D eigenvalue weighted by Crippen LogP contribution is -2.05. The van der Waals surface area contributed by atoms with Crippen molar-refractivity contribution in [3.8, 4) is 0 Å². The van der Waals surface area contributed by atoms with Gasteiger partial charge in [0.1, 0.15) is 0 Å². The van der Waals surface area contributed by atoms with E-state index in [9.17, 15) is 10.1 Å². The molecule has 0 spiro atoms. The minimum absolute atomic E-state index is 0.000555. The van der Waals surface area contributed by atoms with Crippen molar-refractivity contribution >= 4 is 11.5 Å². The Morgan fingerprint density at radius 3 is 2.43 bits per heavy atom. The van der Waals surface area contributed by atoms with Gasteiger partial charge in [0.25, 0.3) is 0 Å². The summed E-state index contributed by atoms with van der Waals surface area (Å²) in [5.41, 5.74) is 3.09. The Labute approximate surface area is 124 Å². The van der Waals surface area contributed by atoms with Crippen molar-refractivity contribution in [3.63, 3.8) is 0 Å². The second-order valence-corrected chi connectivity index (χ2v) is 5.33. The first-order valence-corrected chi connectivity index (χ1v) is 6.92. The summed E-state index contributed by atoms with van der Waals surface area (Å²) in [6, 6.07) is 11.3. The van der Waals surface area contributed by atoms with Gasteiger partial charge < -0.3 is 5.32 Å². The van der Waals surface area contributed by atoms with Crippen LogP contribution in [0.3, 0.4) is 0 Å². The van der Waals surface area contributed by atoms with E-state index in [1.807, 2.05) is 19.1 Å². The maximum atomic E-state index is 11.0. The molecule has 21 heavy (non-hydrogen) atoms. The predicted molar refractivity (Wildman–Crippen MR) is 83.5 cm³/mol. The smallest absolute Gasteiger partial charge is 0.311 e. The molecule has 0 radical (unpaired) electrons. The lowest BCUT2D eigenvalue weighted by molar-refractivity contribution is -0.384. The first-order chi connectivity index (χ1) is 9.97. The van der Waals surface area contributed by atoms with Gasteiger partial charge in [-0.1, -0.05) is 38.1 Å². The van der Waals surface area contributed by atoms with E-state index in [1.165, 1.54) is 11.6 Å². The molecule has 1 N–H and O–H groups in total. The molecule has 5 nitrogen and oxygen atoms in total. The van der Waals surface area contributed by atoms with E-state index in [0.29, 0.717) is 18.3 Å². The standard InChI is InChI=1S/C16H19N3O2/c1-11(2)14-7-5-13(6-8-14)10-17-16-15(19(20)21)9-4-12(3)18-16/h4-9,11H,10H2,1-3H3,(H,17,18). The van der Waals surface area contributed by atoms with Gasteiger partial charge in [-0.25, -0.2) is 4.98 Å². The van der Waals surface area contributed by atoms with Crippen LogP contribution in [0.5, 0.6) is 0 Å². The molecule has 0 saturated carbocycles. The van der Waals surface area contributed by atoms with Crippen LogP contribution in [0.25, 0.3) is 0 Å². The number of anilines is 1. The zero-order valence-electron chi connectivity index (χ0n) is 12.5. The summed E-state index contributed by atoms with van der Waals surface area (Å²) in [6.07, 6.45) is 0. The number of hydrogen-bond acceptors (Lipinski definition) is 4. The van der Waals surface area contributed by atoms with Gasteiger partial charge in [-0.3, -0.25) is 10.1 Å². The van der Waals surface area contributed by atoms with Crippen molar-refractivity contribution in [1.82, 2.24) is 4.98 Å². The van der Waals surface area contributed by atoms with Gasteiger partial charge >= 0.3 is 5.69 Å². The summed E-state index contributed by atoms with van der Waals surface area (Å²) < 4.78 is 0. The first-order valence-electron chi connectivity index (χ1n) is 6.92. The maximum absolute atomic E-state index is 11.0. The van der Waals surface area contributed by atoms with Crippen LogP contribution >= 0.6 is 0 Å². The summed E-state index contributed by atoms with van der Waals surface area (Å²) >= 11 is 0. The molecular weight excluding hydrogens is 266 g/mol. The number of rotatable bonds is 5. The van der Waals surface area contributed by atoms with Crippen molar-refractivity contribution in [1.29, 1.82) is 0 Å². The SMILES string of the molecule is Cc1ccc([N+](=O)[O-])c(NCc2ccc(C(C)C)cc2)n1. The summed E-state index contributed by atoms with van der Waals surface area (Å²) in [4.78, 5) is 14.8. The molecule has 0 atom stereocenters. The lowest BCUT2D eigenvalue weighted by atomic mass is 10.0. The molecule has 0 aliphatic heterocycles.